The molecule has 0 amide bonds. The van der Waals surface area contributed by atoms with Crippen LogP contribution >= 0.6 is 0 Å². The topological polar surface area (TPSA) is 37.0 Å². The minimum Gasteiger partial charge on any atom is -0.382 e. The van der Waals surface area contributed by atoms with Crippen molar-refractivity contribution < 1.29 is 9.47 Å². The third kappa shape index (κ3) is 7.68. The van der Waals surface area contributed by atoms with Gasteiger partial charge in [0.25, 0.3) is 0 Å². The van der Waals surface area contributed by atoms with Crippen molar-refractivity contribution in [2.75, 3.05) is 79.8 Å². The quantitative estimate of drug-likeness (QED) is 0.554. The van der Waals surface area contributed by atoms with Gasteiger partial charge in [0.05, 0.1) is 19.8 Å². The van der Waals surface area contributed by atoms with Crippen molar-refractivity contribution >= 4 is 0 Å². The summed E-state index contributed by atoms with van der Waals surface area (Å²) in [5, 5.41) is 3.37. The molecule has 0 aromatic rings. The Morgan fingerprint density at radius 3 is 2.59 bits per heavy atom. The molecule has 0 radical (unpaired) electrons. The fraction of sp³-hybridized carbons (Fsp3) is 1.00. The van der Waals surface area contributed by atoms with Gasteiger partial charge in [-0.2, -0.15) is 0 Å². The summed E-state index contributed by atoms with van der Waals surface area (Å²) in [5.74, 6) is 0. The first-order valence-electron chi connectivity index (χ1n) is 6.51. The fourth-order valence-electron chi connectivity index (χ4n) is 1.82. The first kappa shape index (κ1) is 14.9. The number of piperazine rings is 1. The maximum atomic E-state index is 5.45. The van der Waals surface area contributed by atoms with Gasteiger partial charge in [0.2, 0.25) is 0 Å². The minimum atomic E-state index is 0.685. The molecule has 0 aromatic carbocycles. The van der Waals surface area contributed by atoms with Crippen LogP contribution in [0.5, 0.6) is 0 Å². The Hall–Kier alpha value is -0.200. The smallest absolute Gasteiger partial charge is 0.0700 e. The van der Waals surface area contributed by atoms with Crippen LogP contribution in [0, 0.1) is 0 Å². The number of methoxy groups -OCH3 is 1. The van der Waals surface area contributed by atoms with E-state index in [1.165, 1.54) is 13.1 Å². The van der Waals surface area contributed by atoms with Crippen molar-refractivity contribution in [3.8, 4) is 0 Å². The Balaban J connectivity index is 1.91. The summed E-state index contributed by atoms with van der Waals surface area (Å²) < 4.78 is 10.4. The second-order valence-electron chi connectivity index (χ2n) is 4.50. The minimum absolute atomic E-state index is 0.685. The third-order valence-electron chi connectivity index (χ3n) is 3.06. The highest BCUT2D eigenvalue weighted by Gasteiger charge is 2.09. The molecular formula is C12H27N3O2. The molecule has 0 saturated carbocycles. The summed E-state index contributed by atoms with van der Waals surface area (Å²) in [7, 11) is 3.85. The van der Waals surface area contributed by atoms with Gasteiger partial charge in [-0.25, -0.2) is 0 Å². The molecule has 1 N–H and O–H groups in total. The fourth-order valence-corrected chi connectivity index (χ4v) is 1.82. The van der Waals surface area contributed by atoms with Crippen LogP contribution in [-0.2, 0) is 9.47 Å². The third-order valence-corrected chi connectivity index (χ3v) is 3.06. The van der Waals surface area contributed by atoms with Crippen LogP contribution < -0.4 is 5.32 Å². The van der Waals surface area contributed by atoms with Crippen molar-refractivity contribution in [1.29, 1.82) is 0 Å². The Kier molecular flexibility index (Phi) is 8.56. The van der Waals surface area contributed by atoms with E-state index >= 15 is 0 Å². The largest absolute Gasteiger partial charge is 0.382 e. The summed E-state index contributed by atoms with van der Waals surface area (Å²) in [6.45, 7) is 10.1. The van der Waals surface area contributed by atoms with Gasteiger partial charge in [0.15, 0.2) is 0 Å². The highest BCUT2D eigenvalue weighted by atomic mass is 16.5. The molecule has 1 rings (SSSR count). The zero-order chi connectivity index (χ0) is 12.3. The Morgan fingerprint density at radius 1 is 1.12 bits per heavy atom. The SMILES string of the molecule is COCCOCCN(C)CCN1CCNCC1. The lowest BCUT2D eigenvalue weighted by atomic mass is 10.3. The molecule has 5 heteroatoms. The molecule has 0 bridgehead atoms. The maximum absolute atomic E-state index is 5.45. The van der Waals surface area contributed by atoms with Gasteiger partial charge in [0, 0.05) is 52.9 Å². The van der Waals surface area contributed by atoms with Gasteiger partial charge in [-0.3, -0.25) is 4.90 Å². The molecule has 0 atom stereocenters. The van der Waals surface area contributed by atoms with E-state index in [0.29, 0.717) is 13.2 Å². The summed E-state index contributed by atoms with van der Waals surface area (Å²) >= 11 is 0. The van der Waals surface area contributed by atoms with Crippen LogP contribution in [0.2, 0.25) is 0 Å². The second kappa shape index (κ2) is 9.79. The van der Waals surface area contributed by atoms with Crippen molar-refractivity contribution in [2.45, 2.75) is 0 Å². The van der Waals surface area contributed by atoms with Crippen LogP contribution in [-0.4, -0.2) is 89.6 Å². The predicted octanol–water partition coefficient (Wildman–Crippen LogP) is -0.514. The van der Waals surface area contributed by atoms with E-state index in [-0.39, 0.29) is 0 Å². The van der Waals surface area contributed by atoms with Crippen molar-refractivity contribution in [3.63, 3.8) is 0 Å². The summed E-state index contributed by atoms with van der Waals surface area (Å²) in [6.07, 6.45) is 0. The van der Waals surface area contributed by atoms with Gasteiger partial charge in [-0.1, -0.05) is 0 Å². The van der Waals surface area contributed by atoms with Crippen LogP contribution in [0.25, 0.3) is 0 Å². The maximum Gasteiger partial charge on any atom is 0.0700 e. The van der Waals surface area contributed by atoms with E-state index in [2.05, 4.69) is 22.2 Å². The number of nitrogens with one attached hydrogen (secondary N) is 1. The lowest BCUT2D eigenvalue weighted by molar-refractivity contribution is 0.0591. The van der Waals surface area contributed by atoms with E-state index in [9.17, 15) is 0 Å². The molecule has 17 heavy (non-hydrogen) atoms. The van der Waals surface area contributed by atoms with Crippen LogP contribution in [0.4, 0.5) is 0 Å². The van der Waals surface area contributed by atoms with Crippen LogP contribution in [0.1, 0.15) is 0 Å². The molecule has 0 spiro atoms. The lowest BCUT2D eigenvalue weighted by Crippen LogP contribution is -2.46. The zero-order valence-electron chi connectivity index (χ0n) is 11.3. The predicted molar refractivity (Wildman–Crippen MR) is 69.5 cm³/mol. The number of hydrogen-bond acceptors (Lipinski definition) is 5. The van der Waals surface area contributed by atoms with E-state index in [0.717, 1.165) is 39.3 Å². The summed E-state index contributed by atoms with van der Waals surface area (Å²) in [4.78, 5) is 4.84. The van der Waals surface area contributed by atoms with Crippen LogP contribution in [0.15, 0.2) is 0 Å². The van der Waals surface area contributed by atoms with E-state index in [1.54, 1.807) is 7.11 Å². The van der Waals surface area contributed by atoms with Gasteiger partial charge < -0.3 is 19.7 Å². The molecule has 1 heterocycles. The average Bonchev–Trinajstić information content (AvgIpc) is 2.37. The van der Waals surface area contributed by atoms with Gasteiger partial charge in [0.1, 0.15) is 0 Å². The van der Waals surface area contributed by atoms with E-state index < -0.39 is 0 Å². The number of likely N-dealkylation sites (N-methyl/N-ethyl adjacent to an activating group) is 1. The molecule has 1 aliphatic heterocycles. The highest BCUT2D eigenvalue weighted by Crippen LogP contribution is 1.93. The van der Waals surface area contributed by atoms with Crippen molar-refractivity contribution in [2.24, 2.45) is 0 Å². The zero-order valence-corrected chi connectivity index (χ0v) is 11.3. The number of nitrogens with zero attached hydrogens (tertiary/aromatic N) is 2. The normalized spacial score (nSPS) is 17.8. The molecule has 0 aromatic heterocycles. The Bertz CT molecular complexity index is 175. The standard InChI is InChI=1S/C12H27N3O2/c1-14(9-10-17-12-11-16-2)7-8-15-5-3-13-4-6-15/h13H,3-12H2,1-2H3. The van der Waals surface area contributed by atoms with Gasteiger partial charge in [-0.05, 0) is 7.05 Å². The molecular weight excluding hydrogens is 218 g/mol. The van der Waals surface area contributed by atoms with Crippen molar-refractivity contribution in [3.05, 3.63) is 0 Å². The molecule has 0 aliphatic carbocycles. The monoisotopic (exact) mass is 245 g/mol. The molecule has 1 fully saturated rings. The summed E-state index contributed by atoms with van der Waals surface area (Å²) in [5.41, 5.74) is 0. The Labute approximate surface area is 105 Å². The van der Waals surface area contributed by atoms with Gasteiger partial charge >= 0.3 is 0 Å². The van der Waals surface area contributed by atoms with Gasteiger partial charge in [-0.15, -0.1) is 0 Å². The molecule has 102 valence electrons. The van der Waals surface area contributed by atoms with E-state index in [4.69, 9.17) is 9.47 Å². The molecule has 0 unspecified atom stereocenters. The number of hydrogen-bond donors (Lipinski definition) is 1. The Morgan fingerprint density at radius 2 is 1.88 bits per heavy atom. The highest BCUT2D eigenvalue weighted by molar-refractivity contribution is 4.68. The first-order valence-corrected chi connectivity index (χ1v) is 6.51. The number of rotatable bonds is 9. The number of ether oxygens (including phenoxy) is 2. The second-order valence-corrected chi connectivity index (χ2v) is 4.50. The van der Waals surface area contributed by atoms with E-state index in [1.807, 2.05) is 0 Å². The van der Waals surface area contributed by atoms with Crippen LogP contribution in [0.3, 0.4) is 0 Å². The lowest BCUT2D eigenvalue weighted by Gasteiger charge is -2.29. The molecule has 1 aliphatic rings. The molecule has 1 saturated heterocycles. The van der Waals surface area contributed by atoms with Crippen molar-refractivity contribution in [1.82, 2.24) is 15.1 Å². The average molecular weight is 245 g/mol. The summed E-state index contributed by atoms with van der Waals surface area (Å²) in [6, 6.07) is 0. The molecule has 5 nitrogen and oxygen atoms in total. The first-order chi connectivity index (χ1) is 8.33.